The van der Waals surface area contributed by atoms with Gasteiger partial charge in [-0.05, 0) is 25.5 Å². The number of para-hydroxylation sites is 1. The van der Waals surface area contributed by atoms with Gasteiger partial charge in [-0.1, -0.05) is 82.9 Å². The Bertz CT molecular complexity index is 419. The van der Waals surface area contributed by atoms with Crippen LogP contribution in [0.3, 0.4) is 0 Å². The van der Waals surface area contributed by atoms with E-state index in [-0.39, 0.29) is 5.91 Å². The van der Waals surface area contributed by atoms with Crippen molar-refractivity contribution in [2.24, 2.45) is 0 Å². The molecule has 3 heteroatoms. The molecule has 0 radical (unpaired) electrons. The van der Waals surface area contributed by atoms with Crippen molar-refractivity contribution in [3.8, 4) is 5.75 Å². The maximum Gasteiger partial charge on any atom is 0.260 e. The lowest BCUT2D eigenvalue weighted by atomic mass is 10.1. The topological polar surface area (TPSA) is 38.3 Å². The molecule has 1 N–H and O–H groups in total. The lowest BCUT2D eigenvalue weighted by Crippen LogP contribution is -2.36. The van der Waals surface area contributed by atoms with Crippen molar-refractivity contribution >= 4 is 5.91 Å². The van der Waals surface area contributed by atoms with E-state index in [0.717, 1.165) is 18.7 Å². The third kappa shape index (κ3) is 10.3. The standard InChI is InChI=1S/C21H35NO2/c1-3-4-5-6-7-8-9-10-11-15-18-22-21(23)19(2)24-20-16-13-12-14-17-20/h12-14,16-17,19H,3-11,15,18H2,1-2H3,(H,22,23)/t19-/m1/s1. The smallest absolute Gasteiger partial charge is 0.260 e. The zero-order chi connectivity index (χ0) is 17.5. The van der Waals surface area contributed by atoms with E-state index >= 15 is 0 Å². The van der Waals surface area contributed by atoms with E-state index in [4.69, 9.17) is 4.74 Å². The van der Waals surface area contributed by atoms with Gasteiger partial charge in [-0.2, -0.15) is 0 Å². The number of carbonyl (C=O) groups excluding carboxylic acids is 1. The molecule has 0 saturated heterocycles. The predicted molar refractivity (Wildman–Crippen MR) is 101 cm³/mol. The van der Waals surface area contributed by atoms with Crippen LogP contribution in [0.25, 0.3) is 0 Å². The molecule has 0 heterocycles. The van der Waals surface area contributed by atoms with Crippen LogP contribution in [-0.4, -0.2) is 18.6 Å². The van der Waals surface area contributed by atoms with E-state index in [1.165, 1.54) is 57.8 Å². The van der Waals surface area contributed by atoms with Gasteiger partial charge in [-0.3, -0.25) is 4.79 Å². The molecule has 1 aromatic rings. The van der Waals surface area contributed by atoms with Gasteiger partial charge < -0.3 is 10.1 Å². The molecule has 0 spiro atoms. The van der Waals surface area contributed by atoms with Crippen LogP contribution in [-0.2, 0) is 4.79 Å². The monoisotopic (exact) mass is 333 g/mol. The van der Waals surface area contributed by atoms with Crippen LogP contribution in [0.4, 0.5) is 0 Å². The van der Waals surface area contributed by atoms with Gasteiger partial charge in [0.15, 0.2) is 6.10 Å². The third-order valence-corrected chi connectivity index (χ3v) is 4.25. The van der Waals surface area contributed by atoms with Gasteiger partial charge in [0, 0.05) is 6.54 Å². The van der Waals surface area contributed by atoms with Crippen LogP contribution < -0.4 is 10.1 Å². The first-order chi connectivity index (χ1) is 11.7. The van der Waals surface area contributed by atoms with Crippen molar-refractivity contribution < 1.29 is 9.53 Å². The molecule has 1 rings (SSSR count). The third-order valence-electron chi connectivity index (χ3n) is 4.25. The SMILES string of the molecule is CCCCCCCCCCCCNC(=O)[C@@H](C)Oc1ccccc1. The minimum Gasteiger partial charge on any atom is -0.481 e. The number of unbranched alkanes of at least 4 members (excludes halogenated alkanes) is 9. The second-order valence-electron chi connectivity index (χ2n) is 6.55. The van der Waals surface area contributed by atoms with Crippen molar-refractivity contribution in [3.05, 3.63) is 30.3 Å². The fourth-order valence-electron chi connectivity index (χ4n) is 2.72. The quantitative estimate of drug-likeness (QED) is 0.457. The van der Waals surface area contributed by atoms with Crippen LogP contribution in [0.5, 0.6) is 5.75 Å². The van der Waals surface area contributed by atoms with Crippen LogP contribution in [0, 0.1) is 0 Å². The van der Waals surface area contributed by atoms with Crippen molar-refractivity contribution in [2.75, 3.05) is 6.54 Å². The maximum absolute atomic E-state index is 12.0. The zero-order valence-electron chi connectivity index (χ0n) is 15.6. The Morgan fingerprint density at radius 3 is 2.04 bits per heavy atom. The second-order valence-corrected chi connectivity index (χ2v) is 6.55. The highest BCUT2D eigenvalue weighted by molar-refractivity contribution is 5.80. The minimum absolute atomic E-state index is 0.0326. The number of ether oxygens (including phenoxy) is 1. The number of hydrogen-bond acceptors (Lipinski definition) is 2. The molecule has 0 unspecified atom stereocenters. The molecule has 0 bridgehead atoms. The molecule has 1 amide bonds. The average molecular weight is 334 g/mol. The first-order valence-corrected chi connectivity index (χ1v) is 9.73. The molecule has 0 aliphatic rings. The number of hydrogen-bond donors (Lipinski definition) is 1. The molecular formula is C21H35NO2. The summed E-state index contributed by atoms with van der Waals surface area (Å²) in [6.45, 7) is 4.80. The van der Waals surface area contributed by atoms with Crippen LogP contribution >= 0.6 is 0 Å². The first-order valence-electron chi connectivity index (χ1n) is 9.73. The van der Waals surface area contributed by atoms with Gasteiger partial charge in [-0.25, -0.2) is 0 Å². The normalized spacial score (nSPS) is 11.9. The van der Waals surface area contributed by atoms with Gasteiger partial charge in [-0.15, -0.1) is 0 Å². The summed E-state index contributed by atoms with van der Waals surface area (Å²) in [5.74, 6) is 0.703. The Labute approximate surface area is 148 Å². The van der Waals surface area contributed by atoms with Crippen molar-refractivity contribution in [1.29, 1.82) is 0 Å². The largest absolute Gasteiger partial charge is 0.481 e. The molecule has 136 valence electrons. The fraction of sp³-hybridized carbons (Fsp3) is 0.667. The summed E-state index contributed by atoms with van der Waals surface area (Å²) in [7, 11) is 0. The number of amides is 1. The first kappa shape index (κ1) is 20.5. The fourth-order valence-corrected chi connectivity index (χ4v) is 2.72. The van der Waals surface area contributed by atoms with Gasteiger partial charge in [0.1, 0.15) is 5.75 Å². The van der Waals surface area contributed by atoms with Gasteiger partial charge in [0.2, 0.25) is 0 Å². The molecule has 24 heavy (non-hydrogen) atoms. The summed E-state index contributed by atoms with van der Waals surface area (Å²) < 4.78 is 5.61. The Morgan fingerprint density at radius 1 is 0.917 bits per heavy atom. The van der Waals surface area contributed by atoms with E-state index in [1.807, 2.05) is 30.3 Å². The van der Waals surface area contributed by atoms with E-state index in [1.54, 1.807) is 6.92 Å². The van der Waals surface area contributed by atoms with Crippen LogP contribution in [0.15, 0.2) is 30.3 Å². The Kier molecular flexibility index (Phi) is 11.9. The highest BCUT2D eigenvalue weighted by Crippen LogP contribution is 2.11. The Hall–Kier alpha value is -1.51. The van der Waals surface area contributed by atoms with Crippen molar-refractivity contribution in [1.82, 2.24) is 5.32 Å². The van der Waals surface area contributed by atoms with E-state index in [9.17, 15) is 4.79 Å². The summed E-state index contributed by atoms with van der Waals surface area (Å²) in [5.41, 5.74) is 0. The molecule has 0 fully saturated rings. The summed E-state index contributed by atoms with van der Waals surface area (Å²) in [6, 6.07) is 9.48. The second kappa shape index (κ2) is 13.9. The van der Waals surface area contributed by atoms with Gasteiger partial charge in [0.05, 0.1) is 0 Å². The molecule has 1 atom stereocenters. The summed E-state index contributed by atoms with van der Waals surface area (Å²) >= 11 is 0. The highest BCUT2D eigenvalue weighted by Gasteiger charge is 2.13. The molecule has 0 saturated carbocycles. The van der Waals surface area contributed by atoms with Gasteiger partial charge >= 0.3 is 0 Å². The van der Waals surface area contributed by atoms with Crippen LogP contribution in [0.2, 0.25) is 0 Å². The zero-order valence-corrected chi connectivity index (χ0v) is 15.6. The lowest BCUT2D eigenvalue weighted by Gasteiger charge is -2.14. The number of benzene rings is 1. The van der Waals surface area contributed by atoms with E-state index in [2.05, 4.69) is 12.2 Å². The Morgan fingerprint density at radius 2 is 1.46 bits per heavy atom. The van der Waals surface area contributed by atoms with Crippen molar-refractivity contribution in [2.45, 2.75) is 84.2 Å². The lowest BCUT2D eigenvalue weighted by molar-refractivity contribution is -0.127. The Balaban J connectivity index is 1.94. The number of rotatable bonds is 14. The van der Waals surface area contributed by atoms with Crippen LogP contribution in [0.1, 0.15) is 78.1 Å². The maximum atomic E-state index is 12.0. The molecule has 0 aliphatic carbocycles. The molecule has 0 aromatic heterocycles. The van der Waals surface area contributed by atoms with E-state index in [0.29, 0.717) is 0 Å². The summed E-state index contributed by atoms with van der Waals surface area (Å²) in [4.78, 5) is 12.0. The summed E-state index contributed by atoms with van der Waals surface area (Å²) in [6.07, 6.45) is 12.6. The molecule has 3 nitrogen and oxygen atoms in total. The minimum atomic E-state index is -0.449. The predicted octanol–water partition coefficient (Wildman–Crippen LogP) is 5.49. The van der Waals surface area contributed by atoms with E-state index < -0.39 is 6.10 Å². The number of carbonyl (C=O) groups is 1. The van der Waals surface area contributed by atoms with Gasteiger partial charge in [0.25, 0.3) is 5.91 Å². The average Bonchev–Trinajstić information content (AvgIpc) is 2.60. The highest BCUT2D eigenvalue weighted by atomic mass is 16.5. The summed E-state index contributed by atoms with van der Waals surface area (Å²) in [5, 5.41) is 2.96. The number of nitrogens with one attached hydrogen (secondary N) is 1. The van der Waals surface area contributed by atoms with Crippen molar-refractivity contribution in [3.63, 3.8) is 0 Å². The molecular weight excluding hydrogens is 298 g/mol. The molecule has 0 aliphatic heterocycles. The molecule has 1 aromatic carbocycles.